The fraction of sp³-hybridized carbons (Fsp3) is 0.333. The number of benzene rings is 1. The Hall–Kier alpha value is -2.01. The molecule has 4 rings (SSSR count). The SMILES string of the molecule is Cc1ccc(F)cc1Nc1ncnc2sc3c(c12)CC[C@H](C)C3. The summed E-state index contributed by atoms with van der Waals surface area (Å²) in [6.07, 6.45) is 4.98. The van der Waals surface area contributed by atoms with Gasteiger partial charge in [0.15, 0.2) is 0 Å². The molecule has 1 aliphatic carbocycles. The second kappa shape index (κ2) is 5.57. The Morgan fingerprint density at radius 3 is 3.04 bits per heavy atom. The maximum atomic E-state index is 13.5. The monoisotopic (exact) mass is 327 g/mol. The topological polar surface area (TPSA) is 37.8 Å². The average molecular weight is 327 g/mol. The number of fused-ring (bicyclic) bond motifs is 3. The van der Waals surface area contributed by atoms with Gasteiger partial charge in [0, 0.05) is 10.6 Å². The van der Waals surface area contributed by atoms with E-state index in [1.807, 2.05) is 6.92 Å². The molecule has 1 aliphatic rings. The molecular weight excluding hydrogens is 309 g/mol. The van der Waals surface area contributed by atoms with Gasteiger partial charge in [0.25, 0.3) is 0 Å². The van der Waals surface area contributed by atoms with Gasteiger partial charge >= 0.3 is 0 Å². The molecule has 0 saturated carbocycles. The van der Waals surface area contributed by atoms with Crippen molar-refractivity contribution in [2.24, 2.45) is 5.92 Å². The third-order valence-corrected chi connectivity index (χ3v) is 5.71. The molecule has 0 aliphatic heterocycles. The van der Waals surface area contributed by atoms with Gasteiger partial charge in [0.1, 0.15) is 22.8 Å². The summed E-state index contributed by atoms with van der Waals surface area (Å²) in [7, 11) is 0. The minimum Gasteiger partial charge on any atom is -0.339 e. The molecule has 3 aromatic rings. The van der Waals surface area contributed by atoms with E-state index in [4.69, 9.17) is 0 Å². The zero-order chi connectivity index (χ0) is 16.0. The predicted molar refractivity (Wildman–Crippen MR) is 93.0 cm³/mol. The molecule has 2 aromatic heterocycles. The van der Waals surface area contributed by atoms with Crippen LogP contribution < -0.4 is 5.32 Å². The van der Waals surface area contributed by atoms with Crippen molar-refractivity contribution in [3.05, 3.63) is 46.3 Å². The molecule has 3 nitrogen and oxygen atoms in total. The van der Waals surface area contributed by atoms with Gasteiger partial charge in [-0.1, -0.05) is 13.0 Å². The van der Waals surface area contributed by atoms with Crippen molar-refractivity contribution in [1.82, 2.24) is 9.97 Å². The highest BCUT2D eigenvalue weighted by Crippen LogP contribution is 2.40. The Kier molecular flexibility index (Phi) is 3.53. The highest BCUT2D eigenvalue weighted by molar-refractivity contribution is 7.19. The lowest BCUT2D eigenvalue weighted by Gasteiger charge is -2.18. The smallest absolute Gasteiger partial charge is 0.142 e. The van der Waals surface area contributed by atoms with Crippen molar-refractivity contribution >= 4 is 33.1 Å². The Morgan fingerprint density at radius 2 is 2.17 bits per heavy atom. The molecule has 5 heteroatoms. The van der Waals surface area contributed by atoms with Gasteiger partial charge in [-0.05, 0) is 55.4 Å². The van der Waals surface area contributed by atoms with Crippen LogP contribution in [0.3, 0.4) is 0 Å². The van der Waals surface area contributed by atoms with E-state index in [2.05, 4.69) is 22.2 Å². The maximum absolute atomic E-state index is 13.5. The summed E-state index contributed by atoms with van der Waals surface area (Å²) in [5.41, 5.74) is 3.13. The molecule has 0 spiro atoms. The van der Waals surface area contributed by atoms with E-state index in [1.54, 1.807) is 23.7 Å². The Morgan fingerprint density at radius 1 is 1.30 bits per heavy atom. The summed E-state index contributed by atoms with van der Waals surface area (Å²) in [5, 5.41) is 4.43. The predicted octanol–water partition coefficient (Wildman–Crippen LogP) is 5.01. The molecule has 0 unspecified atom stereocenters. The van der Waals surface area contributed by atoms with E-state index in [1.165, 1.54) is 29.0 Å². The number of hydrogen-bond donors (Lipinski definition) is 1. The lowest BCUT2D eigenvalue weighted by atomic mass is 9.89. The van der Waals surface area contributed by atoms with Gasteiger partial charge in [-0.15, -0.1) is 11.3 Å². The number of halogens is 1. The van der Waals surface area contributed by atoms with Crippen molar-refractivity contribution in [1.29, 1.82) is 0 Å². The van der Waals surface area contributed by atoms with E-state index in [0.717, 1.165) is 46.0 Å². The van der Waals surface area contributed by atoms with Crippen LogP contribution in [0.4, 0.5) is 15.9 Å². The first-order valence-corrected chi connectivity index (χ1v) is 8.72. The number of rotatable bonds is 2. The maximum Gasteiger partial charge on any atom is 0.142 e. The van der Waals surface area contributed by atoms with E-state index < -0.39 is 0 Å². The molecule has 1 N–H and O–H groups in total. The van der Waals surface area contributed by atoms with Crippen LogP contribution in [0.15, 0.2) is 24.5 Å². The molecule has 23 heavy (non-hydrogen) atoms. The second-order valence-corrected chi connectivity index (χ2v) is 7.42. The summed E-state index contributed by atoms with van der Waals surface area (Å²) in [5.74, 6) is 1.27. The second-order valence-electron chi connectivity index (χ2n) is 6.34. The molecular formula is C18H18FN3S. The van der Waals surface area contributed by atoms with Crippen LogP contribution in [0, 0.1) is 18.7 Å². The van der Waals surface area contributed by atoms with Crippen LogP contribution in [-0.2, 0) is 12.8 Å². The number of nitrogens with one attached hydrogen (secondary N) is 1. The highest BCUT2D eigenvalue weighted by atomic mass is 32.1. The Balaban J connectivity index is 1.83. The van der Waals surface area contributed by atoms with Crippen LogP contribution in [0.25, 0.3) is 10.2 Å². The molecule has 2 heterocycles. The number of aryl methyl sites for hydroxylation is 2. The Bertz CT molecular complexity index is 887. The van der Waals surface area contributed by atoms with Gasteiger partial charge in [-0.25, -0.2) is 14.4 Å². The summed E-state index contributed by atoms with van der Waals surface area (Å²) in [4.78, 5) is 11.3. The van der Waals surface area contributed by atoms with Crippen molar-refractivity contribution in [3.8, 4) is 0 Å². The molecule has 118 valence electrons. The van der Waals surface area contributed by atoms with E-state index in [-0.39, 0.29) is 5.82 Å². The van der Waals surface area contributed by atoms with Crippen LogP contribution in [0.5, 0.6) is 0 Å². The number of thiophene rings is 1. The van der Waals surface area contributed by atoms with Crippen molar-refractivity contribution in [2.75, 3.05) is 5.32 Å². The van der Waals surface area contributed by atoms with E-state index >= 15 is 0 Å². The largest absolute Gasteiger partial charge is 0.339 e. The third-order valence-electron chi connectivity index (χ3n) is 4.54. The number of anilines is 2. The number of hydrogen-bond acceptors (Lipinski definition) is 4. The van der Waals surface area contributed by atoms with Gasteiger partial charge in [-0.2, -0.15) is 0 Å². The van der Waals surface area contributed by atoms with Crippen LogP contribution >= 0.6 is 11.3 Å². The lowest BCUT2D eigenvalue weighted by Crippen LogP contribution is -2.09. The molecule has 0 radical (unpaired) electrons. The van der Waals surface area contributed by atoms with Gasteiger partial charge in [-0.3, -0.25) is 0 Å². The first kappa shape index (κ1) is 14.6. The van der Waals surface area contributed by atoms with Crippen molar-refractivity contribution in [3.63, 3.8) is 0 Å². The first-order chi connectivity index (χ1) is 11.1. The summed E-state index contributed by atoms with van der Waals surface area (Å²) in [6.45, 7) is 4.26. The van der Waals surface area contributed by atoms with E-state index in [0.29, 0.717) is 0 Å². The lowest BCUT2D eigenvalue weighted by molar-refractivity contribution is 0.509. The minimum atomic E-state index is -0.246. The molecule has 0 amide bonds. The molecule has 1 aromatic carbocycles. The molecule has 0 fully saturated rings. The molecule has 1 atom stereocenters. The summed E-state index contributed by atoms with van der Waals surface area (Å²) >= 11 is 1.77. The normalized spacial score (nSPS) is 17.3. The zero-order valence-electron chi connectivity index (χ0n) is 13.2. The van der Waals surface area contributed by atoms with Gasteiger partial charge in [0.2, 0.25) is 0 Å². The van der Waals surface area contributed by atoms with Crippen LogP contribution in [0.1, 0.15) is 29.3 Å². The number of aromatic nitrogens is 2. The fourth-order valence-corrected chi connectivity index (χ4v) is 4.58. The third kappa shape index (κ3) is 2.59. The summed E-state index contributed by atoms with van der Waals surface area (Å²) in [6, 6.07) is 4.77. The summed E-state index contributed by atoms with van der Waals surface area (Å²) < 4.78 is 13.5. The van der Waals surface area contributed by atoms with Gasteiger partial charge < -0.3 is 5.32 Å². The van der Waals surface area contributed by atoms with E-state index in [9.17, 15) is 4.39 Å². The van der Waals surface area contributed by atoms with Gasteiger partial charge in [0.05, 0.1) is 5.39 Å². The average Bonchev–Trinajstić information content (AvgIpc) is 2.89. The molecule has 0 saturated heterocycles. The van der Waals surface area contributed by atoms with Crippen LogP contribution in [-0.4, -0.2) is 9.97 Å². The zero-order valence-corrected chi connectivity index (χ0v) is 14.0. The van der Waals surface area contributed by atoms with Crippen molar-refractivity contribution in [2.45, 2.75) is 33.1 Å². The number of nitrogens with zero attached hydrogens (tertiary/aromatic N) is 2. The highest BCUT2D eigenvalue weighted by Gasteiger charge is 2.23. The first-order valence-electron chi connectivity index (χ1n) is 7.90. The minimum absolute atomic E-state index is 0.246. The standard InChI is InChI=1S/C18H18FN3S/c1-10-3-6-13-15(7-10)23-18-16(13)17(20-9-21-18)22-14-8-12(19)5-4-11(14)2/h4-5,8-10H,3,6-7H2,1-2H3,(H,20,21,22)/t10-/m0/s1. The van der Waals surface area contributed by atoms with Crippen molar-refractivity contribution < 1.29 is 4.39 Å². The Labute approximate surface area is 138 Å². The van der Waals surface area contributed by atoms with Crippen LogP contribution in [0.2, 0.25) is 0 Å². The molecule has 0 bridgehead atoms. The quantitative estimate of drug-likeness (QED) is 0.719. The fourth-order valence-electron chi connectivity index (χ4n) is 3.23.